The highest BCUT2D eigenvalue weighted by molar-refractivity contribution is 6.32. The van der Waals surface area contributed by atoms with Gasteiger partial charge in [-0.2, -0.15) is 0 Å². The molecule has 0 amide bonds. The molecular weight excluding hydrogens is 256 g/mol. The van der Waals surface area contributed by atoms with Gasteiger partial charge in [0.1, 0.15) is 5.75 Å². The molecule has 2 rings (SSSR count). The summed E-state index contributed by atoms with van der Waals surface area (Å²) in [5, 5.41) is 9.27. The van der Waals surface area contributed by atoms with E-state index in [0.717, 1.165) is 0 Å². The zero-order valence-corrected chi connectivity index (χ0v) is 10.2. The predicted octanol–water partition coefficient (Wildman–Crippen LogP) is 2.50. The van der Waals surface area contributed by atoms with Gasteiger partial charge in [-0.15, -0.1) is 0 Å². The molecule has 1 heterocycles. The molecule has 5 nitrogen and oxygen atoms in total. The van der Waals surface area contributed by atoms with Gasteiger partial charge in [-0.05, 0) is 18.2 Å². The Morgan fingerprint density at radius 1 is 1.39 bits per heavy atom. The number of hydrogen-bond acceptors (Lipinski definition) is 4. The van der Waals surface area contributed by atoms with Crippen LogP contribution in [-0.4, -0.2) is 28.2 Å². The topological polar surface area (TPSA) is 72.3 Å². The Bertz CT molecular complexity index is 602. The fraction of sp³-hybridized carbons (Fsp3) is 0.0833. The molecule has 0 bridgehead atoms. The van der Waals surface area contributed by atoms with Gasteiger partial charge in [-0.25, -0.2) is 9.78 Å². The van der Waals surface area contributed by atoms with Crippen LogP contribution in [0.25, 0.3) is 11.3 Å². The molecule has 0 fully saturated rings. The molecule has 18 heavy (non-hydrogen) atoms. The third-order valence-electron chi connectivity index (χ3n) is 2.30. The zero-order valence-electron chi connectivity index (χ0n) is 9.42. The highest BCUT2D eigenvalue weighted by Crippen LogP contribution is 2.29. The molecule has 1 aromatic heterocycles. The summed E-state index contributed by atoms with van der Waals surface area (Å²) in [5.74, 6) is -0.577. The summed E-state index contributed by atoms with van der Waals surface area (Å²) in [4.78, 5) is 18.6. The lowest BCUT2D eigenvalue weighted by molar-refractivity contribution is 0.0690. The van der Waals surface area contributed by atoms with E-state index < -0.39 is 5.97 Å². The highest BCUT2D eigenvalue weighted by atomic mass is 35.5. The average molecular weight is 265 g/mol. The van der Waals surface area contributed by atoms with Crippen molar-refractivity contribution in [3.63, 3.8) is 0 Å². The van der Waals surface area contributed by atoms with E-state index in [-0.39, 0.29) is 5.69 Å². The van der Waals surface area contributed by atoms with Gasteiger partial charge in [-0.3, -0.25) is 4.98 Å². The SMILES string of the molecule is COc1ccc(-c2cncc(C(=O)O)n2)cc1Cl. The molecule has 1 N–H and O–H groups in total. The van der Waals surface area contributed by atoms with E-state index in [1.807, 2.05) is 0 Å². The molecule has 2 aromatic rings. The minimum atomic E-state index is -1.12. The maximum atomic E-state index is 10.8. The summed E-state index contributed by atoms with van der Waals surface area (Å²) in [6, 6.07) is 5.07. The summed E-state index contributed by atoms with van der Waals surface area (Å²) < 4.78 is 5.04. The summed E-state index contributed by atoms with van der Waals surface area (Å²) in [6.45, 7) is 0. The lowest BCUT2D eigenvalue weighted by Gasteiger charge is -2.05. The smallest absolute Gasteiger partial charge is 0.356 e. The number of rotatable bonds is 3. The van der Waals surface area contributed by atoms with Gasteiger partial charge in [0.25, 0.3) is 0 Å². The minimum absolute atomic E-state index is 0.112. The first kappa shape index (κ1) is 12.3. The maximum Gasteiger partial charge on any atom is 0.356 e. The molecule has 1 aromatic carbocycles. The van der Waals surface area contributed by atoms with Crippen LogP contribution in [-0.2, 0) is 0 Å². The lowest BCUT2D eigenvalue weighted by Crippen LogP contribution is -2.02. The van der Waals surface area contributed by atoms with Gasteiger partial charge in [-0.1, -0.05) is 11.6 Å². The first-order valence-corrected chi connectivity index (χ1v) is 5.39. The molecule has 0 radical (unpaired) electrons. The van der Waals surface area contributed by atoms with Crippen molar-refractivity contribution in [3.8, 4) is 17.0 Å². The molecule has 6 heteroatoms. The van der Waals surface area contributed by atoms with Crippen LogP contribution in [0.1, 0.15) is 10.5 Å². The molecular formula is C12H9ClN2O3. The number of ether oxygens (including phenoxy) is 1. The van der Waals surface area contributed by atoms with E-state index >= 15 is 0 Å². The van der Waals surface area contributed by atoms with Gasteiger partial charge in [0.15, 0.2) is 5.69 Å². The Morgan fingerprint density at radius 3 is 2.78 bits per heavy atom. The Kier molecular flexibility index (Phi) is 3.43. The number of benzene rings is 1. The van der Waals surface area contributed by atoms with Crippen molar-refractivity contribution in [2.24, 2.45) is 0 Å². The number of methoxy groups -OCH3 is 1. The second kappa shape index (κ2) is 5.01. The maximum absolute atomic E-state index is 10.8. The minimum Gasteiger partial charge on any atom is -0.495 e. The first-order chi connectivity index (χ1) is 8.61. The van der Waals surface area contributed by atoms with Crippen molar-refractivity contribution < 1.29 is 14.6 Å². The molecule has 0 aliphatic carbocycles. The second-order valence-corrected chi connectivity index (χ2v) is 3.85. The van der Waals surface area contributed by atoms with E-state index in [1.54, 1.807) is 18.2 Å². The monoisotopic (exact) mass is 264 g/mol. The van der Waals surface area contributed by atoms with Crippen molar-refractivity contribution in [2.75, 3.05) is 7.11 Å². The normalized spacial score (nSPS) is 10.1. The van der Waals surface area contributed by atoms with Crippen LogP contribution < -0.4 is 4.74 Å². The van der Waals surface area contributed by atoms with E-state index in [4.69, 9.17) is 21.4 Å². The molecule has 0 saturated heterocycles. The standard InChI is InChI=1S/C12H9ClN2O3/c1-18-11-3-2-7(4-8(11)13)9-5-14-6-10(15-9)12(16)17/h2-6H,1H3,(H,16,17). The lowest BCUT2D eigenvalue weighted by atomic mass is 10.1. The van der Waals surface area contributed by atoms with Gasteiger partial charge in [0.05, 0.1) is 30.2 Å². The van der Waals surface area contributed by atoms with Crippen LogP contribution in [0, 0.1) is 0 Å². The summed E-state index contributed by atoms with van der Waals surface area (Å²) in [6.07, 6.45) is 2.67. The van der Waals surface area contributed by atoms with E-state index in [1.165, 1.54) is 19.5 Å². The van der Waals surface area contributed by atoms with Gasteiger partial charge in [0.2, 0.25) is 0 Å². The summed E-state index contributed by atoms with van der Waals surface area (Å²) in [5.41, 5.74) is 1.01. The molecule has 0 atom stereocenters. The molecule has 0 aliphatic rings. The van der Waals surface area contributed by atoms with Gasteiger partial charge in [0, 0.05) is 5.56 Å². The van der Waals surface area contributed by atoms with E-state index in [9.17, 15) is 4.79 Å². The number of carbonyl (C=O) groups is 1. The quantitative estimate of drug-likeness (QED) is 0.922. The predicted molar refractivity (Wildman–Crippen MR) is 66.0 cm³/mol. The van der Waals surface area contributed by atoms with E-state index in [0.29, 0.717) is 22.0 Å². The van der Waals surface area contributed by atoms with Gasteiger partial charge < -0.3 is 9.84 Å². The van der Waals surface area contributed by atoms with Crippen LogP contribution in [0.15, 0.2) is 30.6 Å². The fourth-order valence-electron chi connectivity index (χ4n) is 1.43. The molecule has 0 spiro atoms. The third kappa shape index (κ3) is 2.41. The number of halogens is 1. The van der Waals surface area contributed by atoms with Crippen LogP contribution in [0.5, 0.6) is 5.75 Å². The molecule has 0 aliphatic heterocycles. The van der Waals surface area contributed by atoms with Crippen molar-refractivity contribution in [2.45, 2.75) is 0 Å². The van der Waals surface area contributed by atoms with Crippen LogP contribution in [0.3, 0.4) is 0 Å². The summed E-state index contributed by atoms with van der Waals surface area (Å²) in [7, 11) is 1.52. The van der Waals surface area contributed by atoms with Crippen molar-refractivity contribution in [3.05, 3.63) is 41.3 Å². The zero-order chi connectivity index (χ0) is 13.1. The van der Waals surface area contributed by atoms with E-state index in [2.05, 4.69) is 9.97 Å². The second-order valence-electron chi connectivity index (χ2n) is 3.44. The van der Waals surface area contributed by atoms with Gasteiger partial charge >= 0.3 is 5.97 Å². The van der Waals surface area contributed by atoms with Crippen LogP contribution >= 0.6 is 11.6 Å². The van der Waals surface area contributed by atoms with Crippen LogP contribution in [0.2, 0.25) is 5.02 Å². The van der Waals surface area contributed by atoms with Crippen molar-refractivity contribution in [1.29, 1.82) is 0 Å². The molecule has 0 unspecified atom stereocenters. The Labute approximate surface area is 108 Å². The number of hydrogen-bond donors (Lipinski definition) is 1. The number of carboxylic acids is 1. The Hall–Kier alpha value is -2.14. The highest BCUT2D eigenvalue weighted by Gasteiger charge is 2.09. The largest absolute Gasteiger partial charge is 0.495 e. The third-order valence-corrected chi connectivity index (χ3v) is 2.60. The van der Waals surface area contributed by atoms with Crippen molar-refractivity contribution in [1.82, 2.24) is 9.97 Å². The fourth-order valence-corrected chi connectivity index (χ4v) is 1.69. The average Bonchev–Trinajstić information content (AvgIpc) is 2.38. The number of nitrogens with zero attached hydrogens (tertiary/aromatic N) is 2. The number of aromatic carboxylic acids is 1. The Morgan fingerprint density at radius 2 is 2.17 bits per heavy atom. The molecule has 0 saturated carbocycles. The first-order valence-electron chi connectivity index (χ1n) is 5.01. The van der Waals surface area contributed by atoms with Crippen LogP contribution in [0.4, 0.5) is 0 Å². The number of carboxylic acid groups (broad SMARTS) is 1. The number of aromatic nitrogens is 2. The Balaban J connectivity index is 2.45. The summed E-state index contributed by atoms with van der Waals surface area (Å²) >= 11 is 5.99. The van der Waals surface area contributed by atoms with Crippen molar-refractivity contribution >= 4 is 17.6 Å². The molecule has 92 valence electrons.